The van der Waals surface area contributed by atoms with E-state index in [1.807, 2.05) is 56.5 Å². The van der Waals surface area contributed by atoms with E-state index in [2.05, 4.69) is 15.8 Å². The van der Waals surface area contributed by atoms with E-state index < -0.39 is 5.92 Å². The van der Waals surface area contributed by atoms with Crippen molar-refractivity contribution >= 4 is 18.1 Å². The maximum Gasteiger partial charge on any atom is 0.306 e. The molecule has 0 saturated heterocycles. The molecule has 0 aliphatic carbocycles. The Labute approximate surface area is 154 Å². The first-order valence-corrected chi connectivity index (χ1v) is 8.98. The monoisotopic (exact) mass is 357 g/mol. The maximum atomic E-state index is 12.4. The standard InChI is InChI=1S/C20H27N3O3/c1-15(2)11-17(20(25)23-22-13-18-9-6-10-21-18)12-19(24)26-14-16-7-4-3-5-8-16/h3-5,7-10,15,17,22H,6,11-14H2,1-2H3,(H,23,25)/t17-/m1/s1. The molecule has 6 heteroatoms. The van der Waals surface area contributed by atoms with Crippen LogP contribution in [0.25, 0.3) is 0 Å². The summed E-state index contributed by atoms with van der Waals surface area (Å²) in [5.74, 6) is -0.683. The number of allylic oxidation sites excluding steroid dienone is 1. The van der Waals surface area contributed by atoms with Gasteiger partial charge in [-0.2, -0.15) is 0 Å². The average Bonchev–Trinajstić information content (AvgIpc) is 3.13. The summed E-state index contributed by atoms with van der Waals surface area (Å²) in [4.78, 5) is 28.7. The Bertz CT molecular complexity index is 654. The molecule has 0 bridgehead atoms. The lowest BCUT2D eigenvalue weighted by molar-refractivity contribution is -0.148. The molecule has 0 saturated carbocycles. The summed E-state index contributed by atoms with van der Waals surface area (Å²) in [6, 6.07) is 9.50. The summed E-state index contributed by atoms with van der Waals surface area (Å²) in [5.41, 5.74) is 7.39. The zero-order chi connectivity index (χ0) is 18.8. The minimum Gasteiger partial charge on any atom is -0.461 e. The van der Waals surface area contributed by atoms with Crippen molar-refractivity contribution < 1.29 is 14.3 Å². The van der Waals surface area contributed by atoms with Gasteiger partial charge in [-0.15, -0.1) is 0 Å². The lowest BCUT2D eigenvalue weighted by Gasteiger charge is -2.18. The van der Waals surface area contributed by atoms with Crippen molar-refractivity contribution in [3.63, 3.8) is 0 Å². The normalized spacial score (nSPS) is 14.2. The molecular weight excluding hydrogens is 330 g/mol. The van der Waals surface area contributed by atoms with Gasteiger partial charge in [0.05, 0.1) is 18.7 Å². The van der Waals surface area contributed by atoms with E-state index in [0.717, 1.165) is 17.7 Å². The number of hydrogen-bond donors (Lipinski definition) is 2. The van der Waals surface area contributed by atoms with Crippen LogP contribution in [-0.2, 0) is 20.9 Å². The highest BCUT2D eigenvalue weighted by molar-refractivity contribution is 5.83. The Morgan fingerprint density at radius 2 is 2.00 bits per heavy atom. The van der Waals surface area contributed by atoms with Gasteiger partial charge in [0.2, 0.25) is 5.91 Å². The second-order valence-electron chi connectivity index (χ2n) is 6.76. The number of benzene rings is 1. The molecule has 2 N–H and O–H groups in total. The molecular formula is C20H27N3O3. The van der Waals surface area contributed by atoms with Crippen LogP contribution in [0.15, 0.2) is 47.1 Å². The van der Waals surface area contributed by atoms with Crippen molar-refractivity contribution in [2.24, 2.45) is 16.8 Å². The Balaban J connectivity index is 1.79. The van der Waals surface area contributed by atoms with Gasteiger partial charge in [-0.05, 0) is 17.9 Å². The van der Waals surface area contributed by atoms with Crippen LogP contribution in [0.1, 0.15) is 38.7 Å². The van der Waals surface area contributed by atoms with Gasteiger partial charge < -0.3 is 4.74 Å². The Morgan fingerprint density at radius 3 is 2.65 bits per heavy atom. The fourth-order valence-electron chi connectivity index (χ4n) is 2.70. The van der Waals surface area contributed by atoms with Crippen LogP contribution in [0.5, 0.6) is 0 Å². The molecule has 140 valence electrons. The van der Waals surface area contributed by atoms with Crippen molar-refractivity contribution in [3.05, 3.63) is 47.7 Å². The number of nitrogens with one attached hydrogen (secondary N) is 2. The first-order chi connectivity index (χ1) is 12.5. The highest BCUT2D eigenvalue weighted by Crippen LogP contribution is 2.17. The van der Waals surface area contributed by atoms with E-state index in [0.29, 0.717) is 18.9 Å². The number of carbonyl (C=O) groups is 2. The molecule has 0 spiro atoms. The molecule has 1 amide bonds. The third kappa shape index (κ3) is 7.19. The van der Waals surface area contributed by atoms with E-state index in [4.69, 9.17) is 4.74 Å². The summed E-state index contributed by atoms with van der Waals surface area (Å²) in [6.45, 7) is 4.75. The number of aliphatic imine (C=N–C) groups is 1. The fourth-order valence-corrected chi connectivity index (χ4v) is 2.70. The Hall–Kier alpha value is -2.47. The second kappa shape index (κ2) is 10.5. The molecule has 0 unspecified atom stereocenters. The van der Waals surface area contributed by atoms with Crippen LogP contribution in [0.2, 0.25) is 0 Å². The fraction of sp³-hybridized carbons (Fsp3) is 0.450. The third-order valence-electron chi connectivity index (χ3n) is 3.98. The molecule has 1 aromatic carbocycles. The van der Waals surface area contributed by atoms with E-state index in [1.54, 1.807) is 0 Å². The number of hydrogen-bond acceptors (Lipinski definition) is 5. The largest absolute Gasteiger partial charge is 0.461 e. The number of carbonyl (C=O) groups excluding carboxylic acids is 2. The topological polar surface area (TPSA) is 79.8 Å². The number of rotatable bonds is 10. The molecule has 0 fully saturated rings. The van der Waals surface area contributed by atoms with E-state index in [1.165, 1.54) is 0 Å². The Kier molecular flexibility index (Phi) is 8.02. The van der Waals surface area contributed by atoms with Crippen molar-refractivity contribution in [3.8, 4) is 0 Å². The van der Waals surface area contributed by atoms with Crippen LogP contribution in [-0.4, -0.2) is 24.6 Å². The van der Waals surface area contributed by atoms with E-state index in [-0.39, 0.29) is 24.9 Å². The van der Waals surface area contributed by atoms with Crippen LogP contribution < -0.4 is 10.9 Å². The predicted octanol–water partition coefficient (Wildman–Crippen LogP) is 2.76. The van der Waals surface area contributed by atoms with Gasteiger partial charge in [0.15, 0.2) is 0 Å². The van der Waals surface area contributed by atoms with Crippen LogP contribution in [0.3, 0.4) is 0 Å². The molecule has 2 rings (SSSR count). The first-order valence-electron chi connectivity index (χ1n) is 8.98. The first kappa shape index (κ1) is 19.8. The number of esters is 1. The SMILES string of the molecule is CC(C)C[C@H](CC(=O)OCc1ccccc1)C(=O)NNCC1=CCC=N1. The molecule has 1 aromatic rings. The molecule has 6 nitrogen and oxygen atoms in total. The number of hydrazine groups is 1. The number of ether oxygens (including phenoxy) is 1. The highest BCUT2D eigenvalue weighted by atomic mass is 16.5. The molecule has 0 radical (unpaired) electrons. The van der Waals surface area contributed by atoms with Crippen molar-refractivity contribution in [2.75, 3.05) is 6.54 Å². The van der Waals surface area contributed by atoms with Gasteiger partial charge >= 0.3 is 5.97 Å². The molecule has 26 heavy (non-hydrogen) atoms. The summed E-state index contributed by atoms with van der Waals surface area (Å²) in [6.07, 6.45) is 5.33. The molecule has 1 heterocycles. The molecule has 1 aliphatic rings. The summed E-state index contributed by atoms with van der Waals surface area (Å²) < 4.78 is 5.31. The molecule has 1 aliphatic heterocycles. The van der Waals surface area contributed by atoms with Crippen molar-refractivity contribution in [1.29, 1.82) is 0 Å². The van der Waals surface area contributed by atoms with Crippen LogP contribution in [0, 0.1) is 11.8 Å². The van der Waals surface area contributed by atoms with Gasteiger partial charge in [-0.1, -0.05) is 50.3 Å². The van der Waals surface area contributed by atoms with E-state index in [9.17, 15) is 9.59 Å². The van der Waals surface area contributed by atoms with Gasteiger partial charge in [0.1, 0.15) is 6.61 Å². The lowest BCUT2D eigenvalue weighted by Crippen LogP contribution is -2.42. The average molecular weight is 357 g/mol. The van der Waals surface area contributed by atoms with Crippen molar-refractivity contribution in [1.82, 2.24) is 10.9 Å². The smallest absolute Gasteiger partial charge is 0.306 e. The van der Waals surface area contributed by atoms with Crippen LogP contribution in [0.4, 0.5) is 0 Å². The highest BCUT2D eigenvalue weighted by Gasteiger charge is 2.23. The summed E-state index contributed by atoms with van der Waals surface area (Å²) in [7, 11) is 0. The minimum absolute atomic E-state index is 0.0688. The number of nitrogens with zero attached hydrogens (tertiary/aromatic N) is 1. The Morgan fingerprint density at radius 1 is 1.23 bits per heavy atom. The zero-order valence-electron chi connectivity index (χ0n) is 15.4. The van der Waals surface area contributed by atoms with Gasteiger partial charge in [0.25, 0.3) is 0 Å². The molecule has 0 aromatic heterocycles. The summed E-state index contributed by atoms with van der Waals surface area (Å²) >= 11 is 0. The zero-order valence-corrected chi connectivity index (χ0v) is 15.4. The maximum absolute atomic E-state index is 12.4. The van der Waals surface area contributed by atoms with E-state index >= 15 is 0 Å². The lowest BCUT2D eigenvalue weighted by atomic mass is 9.93. The summed E-state index contributed by atoms with van der Waals surface area (Å²) in [5, 5.41) is 0. The predicted molar refractivity (Wildman–Crippen MR) is 101 cm³/mol. The third-order valence-corrected chi connectivity index (χ3v) is 3.98. The van der Waals surface area contributed by atoms with Gasteiger partial charge in [-0.3, -0.25) is 20.0 Å². The van der Waals surface area contributed by atoms with Gasteiger partial charge in [0, 0.05) is 18.6 Å². The minimum atomic E-state index is -0.424. The number of amides is 1. The van der Waals surface area contributed by atoms with Crippen LogP contribution >= 0.6 is 0 Å². The van der Waals surface area contributed by atoms with Gasteiger partial charge in [-0.25, -0.2) is 5.43 Å². The van der Waals surface area contributed by atoms with Crippen molar-refractivity contribution in [2.45, 2.75) is 39.7 Å². The molecule has 1 atom stereocenters. The quantitative estimate of drug-likeness (QED) is 0.498. The second-order valence-corrected chi connectivity index (χ2v) is 6.76.